The highest BCUT2D eigenvalue weighted by Crippen LogP contribution is 2.41. The molecule has 0 saturated carbocycles. The quantitative estimate of drug-likeness (QED) is 0.678. The number of phenolic OH excluding ortho intramolecular Hbond substituents is 1. The molecule has 6 nitrogen and oxygen atoms in total. The first-order valence-electron chi connectivity index (χ1n) is 9.15. The Balaban J connectivity index is 1.71. The number of anilines is 1. The van der Waals surface area contributed by atoms with E-state index in [0.29, 0.717) is 28.8 Å². The van der Waals surface area contributed by atoms with Gasteiger partial charge in [0.25, 0.3) is 0 Å². The van der Waals surface area contributed by atoms with Gasteiger partial charge in [0.1, 0.15) is 11.8 Å². The van der Waals surface area contributed by atoms with Crippen LogP contribution in [0.25, 0.3) is 11.4 Å². The van der Waals surface area contributed by atoms with Crippen LogP contribution in [0.5, 0.6) is 5.75 Å². The molecule has 0 bridgehead atoms. The number of allylic oxidation sites excluding steroid dienone is 2. The first-order chi connectivity index (χ1) is 13.6. The zero-order valence-electron chi connectivity index (χ0n) is 14.9. The van der Waals surface area contributed by atoms with Crippen molar-refractivity contribution < 1.29 is 9.90 Å². The average molecular weight is 393 g/mol. The number of phenols is 1. The van der Waals surface area contributed by atoms with Crippen molar-refractivity contribution in [3.63, 3.8) is 0 Å². The Morgan fingerprint density at radius 2 is 2.00 bits per heavy atom. The Bertz CT molecular complexity index is 1130. The van der Waals surface area contributed by atoms with E-state index in [2.05, 4.69) is 15.4 Å². The number of hydrogen-bond acceptors (Lipinski definition) is 5. The number of hydrogen-bond donors (Lipinski definition) is 2. The van der Waals surface area contributed by atoms with Gasteiger partial charge in [-0.1, -0.05) is 35.9 Å². The lowest BCUT2D eigenvalue weighted by Gasteiger charge is -2.32. The predicted octanol–water partition coefficient (Wildman–Crippen LogP) is 4.33. The lowest BCUT2D eigenvalue weighted by atomic mass is 9.85. The molecule has 2 aromatic carbocycles. The third-order valence-electron chi connectivity index (χ3n) is 5.17. The van der Waals surface area contributed by atoms with Crippen molar-refractivity contribution in [1.82, 2.24) is 14.8 Å². The summed E-state index contributed by atoms with van der Waals surface area (Å²) in [5, 5.41) is 18.5. The lowest BCUT2D eigenvalue weighted by Crippen LogP contribution is -2.31. The molecule has 0 amide bonds. The van der Waals surface area contributed by atoms with Gasteiger partial charge in [0.05, 0.1) is 5.02 Å². The summed E-state index contributed by atoms with van der Waals surface area (Å²) in [5.74, 6) is 1.30. The van der Waals surface area contributed by atoms with Gasteiger partial charge < -0.3 is 10.4 Å². The fraction of sp³-hybridized carbons (Fsp3) is 0.190. The van der Waals surface area contributed by atoms with Gasteiger partial charge in [-0.3, -0.25) is 4.79 Å². The molecule has 1 atom stereocenters. The van der Waals surface area contributed by atoms with Gasteiger partial charge in [-0.15, -0.1) is 5.10 Å². The van der Waals surface area contributed by atoms with Crippen molar-refractivity contribution in [3.8, 4) is 17.1 Å². The zero-order chi connectivity index (χ0) is 19.3. The highest BCUT2D eigenvalue weighted by atomic mass is 35.5. The molecule has 1 aromatic heterocycles. The lowest BCUT2D eigenvalue weighted by molar-refractivity contribution is -0.116. The maximum absolute atomic E-state index is 12.8. The van der Waals surface area contributed by atoms with Crippen molar-refractivity contribution in [2.45, 2.75) is 25.3 Å². The van der Waals surface area contributed by atoms with E-state index in [-0.39, 0.29) is 11.5 Å². The van der Waals surface area contributed by atoms with E-state index in [1.165, 1.54) is 0 Å². The molecule has 140 valence electrons. The van der Waals surface area contributed by atoms with Crippen LogP contribution in [-0.2, 0) is 4.79 Å². The van der Waals surface area contributed by atoms with Gasteiger partial charge in [-0.05, 0) is 42.7 Å². The Hall–Kier alpha value is -3.12. The Kier molecular flexibility index (Phi) is 3.94. The molecule has 2 aliphatic rings. The molecule has 7 heteroatoms. The minimum Gasteiger partial charge on any atom is -0.508 e. The summed E-state index contributed by atoms with van der Waals surface area (Å²) in [4.78, 5) is 17.4. The number of carbonyl (C=O) groups is 1. The van der Waals surface area contributed by atoms with Crippen LogP contribution in [0.2, 0.25) is 5.02 Å². The maximum atomic E-state index is 12.8. The van der Waals surface area contributed by atoms with E-state index in [1.54, 1.807) is 28.9 Å². The van der Waals surface area contributed by atoms with Crippen LogP contribution in [0.4, 0.5) is 5.95 Å². The first-order valence-corrected chi connectivity index (χ1v) is 9.53. The monoisotopic (exact) mass is 392 g/mol. The third kappa shape index (κ3) is 2.68. The number of rotatable bonds is 2. The van der Waals surface area contributed by atoms with Crippen LogP contribution >= 0.6 is 11.6 Å². The fourth-order valence-electron chi connectivity index (χ4n) is 3.92. The van der Waals surface area contributed by atoms with Crippen molar-refractivity contribution in [1.29, 1.82) is 0 Å². The molecule has 0 radical (unpaired) electrons. The third-order valence-corrected chi connectivity index (χ3v) is 5.50. The smallest absolute Gasteiger partial charge is 0.226 e. The van der Waals surface area contributed by atoms with Gasteiger partial charge in [0.15, 0.2) is 11.6 Å². The summed E-state index contributed by atoms with van der Waals surface area (Å²) in [6, 6.07) is 13.9. The average Bonchev–Trinajstić information content (AvgIpc) is 3.10. The molecule has 2 N–H and O–H groups in total. The number of benzene rings is 2. The summed E-state index contributed by atoms with van der Waals surface area (Å²) in [6.45, 7) is 0. The van der Waals surface area contributed by atoms with Gasteiger partial charge in [-0.2, -0.15) is 4.98 Å². The van der Waals surface area contributed by atoms with E-state index in [0.717, 1.165) is 29.7 Å². The van der Waals surface area contributed by atoms with Crippen LogP contribution in [-0.4, -0.2) is 25.7 Å². The van der Waals surface area contributed by atoms with Gasteiger partial charge >= 0.3 is 0 Å². The van der Waals surface area contributed by atoms with Crippen LogP contribution in [0.15, 0.2) is 59.8 Å². The number of nitrogens with zero attached hydrogens (tertiary/aromatic N) is 3. The van der Waals surface area contributed by atoms with Crippen molar-refractivity contribution in [3.05, 3.63) is 70.4 Å². The van der Waals surface area contributed by atoms with E-state index < -0.39 is 6.04 Å². The number of aromatic hydroxyl groups is 1. The minimum atomic E-state index is -0.435. The van der Waals surface area contributed by atoms with Crippen molar-refractivity contribution >= 4 is 23.3 Å². The Morgan fingerprint density at radius 1 is 1.14 bits per heavy atom. The minimum absolute atomic E-state index is 0.0996. The zero-order valence-corrected chi connectivity index (χ0v) is 15.6. The summed E-state index contributed by atoms with van der Waals surface area (Å²) in [7, 11) is 0. The van der Waals surface area contributed by atoms with Gasteiger partial charge in [0, 0.05) is 23.3 Å². The van der Waals surface area contributed by atoms with E-state index >= 15 is 0 Å². The van der Waals surface area contributed by atoms with Crippen LogP contribution in [0.3, 0.4) is 0 Å². The summed E-state index contributed by atoms with van der Waals surface area (Å²) in [6.07, 6.45) is 2.10. The number of carbonyl (C=O) groups excluding carboxylic acids is 1. The second kappa shape index (κ2) is 6.49. The van der Waals surface area contributed by atoms with Crippen molar-refractivity contribution in [2.24, 2.45) is 0 Å². The molecule has 28 heavy (non-hydrogen) atoms. The van der Waals surface area contributed by atoms with Crippen LogP contribution in [0.1, 0.15) is 30.9 Å². The van der Waals surface area contributed by atoms with Gasteiger partial charge in [0.2, 0.25) is 5.95 Å². The largest absolute Gasteiger partial charge is 0.508 e. The number of halogens is 1. The number of ketones is 1. The van der Waals surface area contributed by atoms with Crippen molar-refractivity contribution in [2.75, 3.05) is 5.32 Å². The molecule has 0 spiro atoms. The molecular formula is C21H17ClN4O2. The second-order valence-electron chi connectivity index (χ2n) is 6.97. The topological polar surface area (TPSA) is 80.0 Å². The number of fused-ring (bicyclic) bond motifs is 1. The molecule has 1 aliphatic heterocycles. The van der Waals surface area contributed by atoms with E-state index in [1.807, 2.05) is 24.3 Å². The number of aromatic nitrogens is 3. The predicted molar refractivity (Wildman–Crippen MR) is 106 cm³/mol. The highest BCUT2D eigenvalue weighted by molar-refractivity contribution is 6.33. The summed E-state index contributed by atoms with van der Waals surface area (Å²) < 4.78 is 1.72. The highest BCUT2D eigenvalue weighted by Gasteiger charge is 2.37. The fourth-order valence-corrected chi connectivity index (χ4v) is 4.14. The normalized spacial score (nSPS) is 18.5. The van der Waals surface area contributed by atoms with Crippen LogP contribution < -0.4 is 5.32 Å². The van der Waals surface area contributed by atoms with Gasteiger partial charge in [-0.25, -0.2) is 4.68 Å². The molecular weight excluding hydrogens is 376 g/mol. The maximum Gasteiger partial charge on any atom is 0.226 e. The standard InChI is InChI=1S/C21H17ClN4O2/c22-15-8-2-1-7-14(15)20-24-21-23-16-9-4-10-17(28)18(16)19(26(21)25-20)12-5-3-6-13(27)11-12/h1-3,5-8,11,19,27H,4,9-10H2,(H,23,24,25)/t19-/m0/s1. The molecule has 0 saturated heterocycles. The number of nitrogens with one attached hydrogen (secondary N) is 1. The molecule has 5 rings (SSSR count). The Labute approximate surface area is 166 Å². The van der Waals surface area contributed by atoms with E-state index in [4.69, 9.17) is 11.6 Å². The van der Waals surface area contributed by atoms with E-state index in [9.17, 15) is 9.90 Å². The first kappa shape index (κ1) is 17.0. The second-order valence-corrected chi connectivity index (χ2v) is 7.38. The Morgan fingerprint density at radius 3 is 2.82 bits per heavy atom. The van der Waals surface area contributed by atoms with Crippen LogP contribution in [0, 0.1) is 0 Å². The summed E-state index contributed by atoms with van der Waals surface area (Å²) >= 11 is 6.33. The molecule has 0 fully saturated rings. The summed E-state index contributed by atoms with van der Waals surface area (Å²) in [5.41, 5.74) is 3.10. The molecule has 2 heterocycles. The molecule has 0 unspecified atom stereocenters. The SMILES string of the molecule is O=C1CCCC2=C1[C@H](c1cccc(O)c1)n1nc(-c3ccccc3Cl)nc1N2. The molecule has 1 aliphatic carbocycles. The number of Topliss-reactive ketones (excluding diaryl/α,β-unsaturated/α-hetero) is 1. The molecule has 3 aromatic rings.